The van der Waals surface area contributed by atoms with E-state index in [1.807, 2.05) is 11.4 Å². The van der Waals surface area contributed by atoms with E-state index in [1.54, 1.807) is 41.5 Å². The van der Waals surface area contributed by atoms with Crippen LogP contribution in [0.2, 0.25) is 5.02 Å². The molecule has 0 bridgehead atoms. The normalized spacial score (nSPS) is 10.5. The number of benzene rings is 1. The first-order valence-corrected chi connectivity index (χ1v) is 7.94. The molecule has 1 amide bonds. The fraction of sp³-hybridized carbons (Fsp3) is 0.154. The molecule has 100 valence electrons. The van der Waals surface area contributed by atoms with Gasteiger partial charge in [0.2, 0.25) is 0 Å². The average Bonchev–Trinajstić information content (AvgIpc) is 2.77. The first-order valence-electron chi connectivity index (χ1n) is 5.44. The van der Waals surface area contributed by atoms with E-state index in [1.165, 1.54) is 0 Å². The van der Waals surface area contributed by atoms with E-state index in [0.717, 1.165) is 14.2 Å². The maximum absolute atomic E-state index is 12.3. The highest BCUT2D eigenvalue weighted by Gasteiger charge is 2.16. The Morgan fingerprint density at radius 2 is 2.21 bits per heavy atom. The van der Waals surface area contributed by atoms with Gasteiger partial charge in [0.15, 0.2) is 0 Å². The summed E-state index contributed by atoms with van der Waals surface area (Å²) in [5.41, 5.74) is 0.479. The zero-order chi connectivity index (χ0) is 14.0. The highest BCUT2D eigenvalue weighted by Crippen LogP contribution is 2.24. The van der Waals surface area contributed by atoms with Crippen molar-refractivity contribution in [2.24, 2.45) is 0 Å². The standard InChI is InChI=1S/C13H11BrClNOS2/c1-16(6-10-4-8(14)7-19-10)13(17)11-5-9(18)2-3-12(11)15/h2-5,7,18H,6H2,1H3. The van der Waals surface area contributed by atoms with Gasteiger partial charge in [-0.25, -0.2) is 0 Å². The van der Waals surface area contributed by atoms with Crippen molar-refractivity contribution in [3.63, 3.8) is 0 Å². The van der Waals surface area contributed by atoms with Gasteiger partial charge in [0.1, 0.15) is 0 Å². The number of rotatable bonds is 3. The number of thiophene rings is 1. The lowest BCUT2D eigenvalue weighted by atomic mass is 10.2. The van der Waals surface area contributed by atoms with Crippen LogP contribution in [0.3, 0.4) is 0 Å². The van der Waals surface area contributed by atoms with Gasteiger partial charge in [0, 0.05) is 26.7 Å². The molecule has 0 N–H and O–H groups in total. The van der Waals surface area contributed by atoms with Gasteiger partial charge >= 0.3 is 0 Å². The van der Waals surface area contributed by atoms with E-state index in [0.29, 0.717) is 17.1 Å². The van der Waals surface area contributed by atoms with Gasteiger partial charge in [-0.05, 0) is 40.2 Å². The summed E-state index contributed by atoms with van der Waals surface area (Å²) >= 11 is 15.3. The summed E-state index contributed by atoms with van der Waals surface area (Å²) in [4.78, 5) is 15.8. The van der Waals surface area contributed by atoms with Gasteiger partial charge < -0.3 is 4.90 Å². The van der Waals surface area contributed by atoms with Crippen molar-refractivity contribution in [1.29, 1.82) is 0 Å². The molecule has 0 aliphatic heterocycles. The van der Waals surface area contributed by atoms with Gasteiger partial charge in [-0.1, -0.05) is 11.6 Å². The Bertz CT molecular complexity index is 614. The fourth-order valence-electron chi connectivity index (χ4n) is 1.63. The smallest absolute Gasteiger partial charge is 0.255 e. The summed E-state index contributed by atoms with van der Waals surface area (Å²) in [7, 11) is 1.76. The van der Waals surface area contributed by atoms with Gasteiger partial charge in [0.25, 0.3) is 5.91 Å². The van der Waals surface area contributed by atoms with Crippen LogP contribution in [-0.4, -0.2) is 17.9 Å². The molecule has 2 aromatic rings. The average molecular weight is 377 g/mol. The van der Waals surface area contributed by atoms with Crippen LogP contribution < -0.4 is 0 Å². The van der Waals surface area contributed by atoms with E-state index >= 15 is 0 Å². The first kappa shape index (κ1) is 14.9. The Balaban J connectivity index is 2.16. The molecule has 0 saturated heterocycles. The van der Waals surface area contributed by atoms with Crippen LogP contribution in [-0.2, 0) is 6.54 Å². The largest absolute Gasteiger partial charge is 0.337 e. The highest BCUT2D eigenvalue weighted by atomic mass is 79.9. The van der Waals surface area contributed by atoms with E-state index in [-0.39, 0.29) is 5.91 Å². The Labute approximate surface area is 134 Å². The van der Waals surface area contributed by atoms with Gasteiger partial charge in [-0.3, -0.25) is 4.79 Å². The monoisotopic (exact) mass is 375 g/mol. The van der Waals surface area contributed by atoms with Crippen LogP contribution in [0.15, 0.2) is 39.0 Å². The number of thiol groups is 1. The summed E-state index contributed by atoms with van der Waals surface area (Å²) in [5, 5.41) is 2.44. The lowest BCUT2D eigenvalue weighted by Crippen LogP contribution is -2.26. The second kappa shape index (κ2) is 6.31. The molecule has 0 unspecified atom stereocenters. The zero-order valence-corrected chi connectivity index (χ0v) is 14.1. The summed E-state index contributed by atoms with van der Waals surface area (Å²) in [6, 6.07) is 7.14. The molecule has 2 rings (SSSR count). The number of halogens is 2. The van der Waals surface area contributed by atoms with Gasteiger partial charge in [0.05, 0.1) is 17.1 Å². The molecule has 1 heterocycles. The molecule has 1 aromatic heterocycles. The molecular formula is C13H11BrClNOS2. The molecule has 0 radical (unpaired) electrons. The molecule has 6 heteroatoms. The number of hydrogen-bond acceptors (Lipinski definition) is 3. The van der Waals surface area contributed by atoms with E-state index in [9.17, 15) is 4.79 Å². The number of amides is 1. The van der Waals surface area contributed by atoms with Crippen molar-refractivity contribution in [1.82, 2.24) is 4.90 Å². The van der Waals surface area contributed by atoms with Crippen LogP contribution >= 0.6 is 51.5 Å². The molecule has 0 atom stereocenters. The Hall–Kier alpha value is -0.490. The third-order valence-electron chi connectivity index (χ3n) is 2.54. The zero-order valence-electron chi connectivity index (χ0n) is 10.1. The molecular weight excluding hydrogens is 366 g/mol. The third-order valence-corrected chi connectivity index (χ3v) is 4.83. The summed E-state index contributed by atoms with van der Waals surface area (Å²) in [5.74, 6) is -0.106. The molecule has 19 heavy (non-hydrogen) atoms. The number of carbonyl (C=O) groups excluding carboxylic acids is 1. The maximum Gasteiger partial charge on any atom is 0.255 e. The Morgan fingerprint density at radius 3 is 2.84 bits per heavy atom. The highest BCUT2D eigenvalue weighted by molar-refractivity contribution is 9.10. The quantitative estimate of drug-likeness (QED) is 0.768. The van der Waals surface area contributed by atoms with Crippen molar-refractivity contribution in [3.8, 4) is 0 Å². The maximum atomic E-state index is 12.3. The second-order valence-electron chi connectivity index (χ2n) is 4.06. The van der Waals surface area contributed by atoms with Crippen molar-refractivity contribution in [2.75, 3.05) is 7.05 Å². The lowest BCUT2D eigenvalue weighted by Gasteiger charge is -2.17. The minimum atomic E-state index is -0.106. The fourth-order valence-corrected chi connectivity index (χ4v) is 3.53. The predicted octanol–water partition coefficient (Wildman–Crippen LogP) is 4.72. The summed E-state index contributed by atoms with van der Waals surface area (Å²) in [6.07, 6.45) is 0. The van der Waals surface area contributed by atoms with Crippen molar-refractivity contribution >= 4 is 57.4 Å². The minimum Gasteiger partial charge on any atom is -0.337 e. The molecule has 0 aliphatic rings. The second-order valence-corrected chi connectivity index (χ2v) is 6.89. The number of nitrogens with zero attached hydrogens (tertiary/aromatic N) is 1. The molecule has 0 saturated carbocycles. The summed E-state index contributed by atoms with van der Waals surface area (Å²) in [6.45, 7) is 0.558. The minimum absolute atomic E-state index is 0.106. The van der Waals surface area contributed by atoms with Gasteiger partial charge in [-0.15, -0.1) is 24.0 Å². The van der Waals surface area contributed by atoms with Crippen LogP contribution in [0.1, 0.15) is 15.2 Å². The van der Waals surface area contributed by atoms with Crippen molar-refractivity contribution in [2.45, 2.75) is 11.4 Å². The molecule has 0 spiro atoms. The molecule has 0 fully saturated rings. The van der Waals surface area contributed by atoms with Crippen LogP contribution in [0.5, 0.6) is 0 Å². The predicted molar refractivity (Wildman–Crippen MR) is 86.5 cm³/mol. The Kier molecular flexibility index (Phi) is 4.95. The Morgan fingerprint density at radius 1 is 1.47 bits per heavy atom. The van der Waals surface area contributed by atoms with Crippen molar-refractivity contribution < 1.29 is 4.79 Å². The SMILES string of the molecule is CN(Cc1cc(Br)cs1)C(=O)c1cc(S)ccc1Cl. The van der Waals surface area contributed by atoms with E-state index < -0.39 is 0 Å². The van der Waals surface area contributed by atoms with Gasteiger partial charge in [-0.2, -0.15) is 0 Å². The first-order chi connectivity index (χ1) is 8.97. The molecule has 1 aromatic carbocycles. The number of hydrogen-bond donors (Lipinski definition) is 1. The topological polar surface area (TPSA) is 20.3 Å². The van der Waals surface area contributed by atoms with E-state index in [4.69, 9.17) is 11.6 Å². The molecule has 0 aliphatic carbocycles. The van der Waals surface area contributed by atoms with E-state index in [2.05, 4.69) is 28.6 Å². The van der Waals surface area contributed by atoms with Crippen LogP contribution in [0.25, 0.3) is 0 Å². The third kappa shape index (κ3) is 3.75. The van der Waals surface area contributed by atoms with Crippen LogP contribution in [0, 0.1) is 0 Å². The van der Waals surface area contributed by atoms with Crippen LogP contribution in [0.4, 0.5) is 0 Å². The van der Waals surface area contributed by atoms with Crippen molar-refractivity contribution in [3.05, 3.63) is 49.6 Å². The lowest BCUT2D eigenvalue weighted by molar-refractivity contribution is 0.0786. The molecule has 2 nitrogen and oxygen atoms in total. The number of carbonyl (C=O) groups is 1. The summed E-state index contributed by atoms with van der Waals surface area (Å²) < 4.78 is 1.03.